The fraction of sp³-hybridized carbons (Fsp3) is 0.500. The van der Waals surface area contributed by atoms with Crippen LogP contribution in [0.4, 0.5) is 4.39 Å². The Bertz CT molecular complexity index is 1030. The predicted molar refractivity (Wildman–Crippen MR) is 131 cm³/mol. The zero-order valence-electron chi connectivity index (χ0n) is 20.3. The lowest BCUT2D eigenvalue weighted by molar-refractivity contribution is -0.154. The maximum absolute atomic E-state index is 13.3. The van der Waals surface area contributed by atoms with Gasteiger partial charge >= 0.3 is 5.97 Å². The largest absolute Gasteiger partial charge is 0.478 e. The highest BCUT2D eigenvalue weighted by Gasteiger charge is 2.33. The van der Waals surface area contributed by atoms with Crippen molar-refractivity contribution in [3.8, 4) is 5.75 Å². The van der Waals surface area contributed by atoms with E-state index in [2.05, 4.69) is 6.92 Å². The minimum Gasteiger partial charge on any atom is -0.478 e. The smallest absolute Gasteiger partial charge is 0.347 e. The van der Waals surface area contributed by atoms with Crippen molar-refractivity contribution in [3.63, 3.8) is 0 Å². The van der Waals surface area contributed by atoms with Crippen LogP contribution in [-0.4, -0.2) is 42.5 Å². The number of ether oxygens (including phenoxy) is 1. The molecule has 1 unspecified atom stereocenters. The van der Waals surface area contributed by atoms with Crippen LogP contribution in [0, 0.1) is 5.82 Å². The van der Waals surface area contributed by atoms with Gasteiger partial charge in [0.2, 0.25) is 15.6 Å². The lowest BCUT2D eigenvalue weighted by Gasteiger charge is -2.25. The summed E-state index contributed by atoms with van der Waals surface area (Å²) in [6, 6.07) is 12.0. The fourth-order valence-corrected chi connectivity index (χ4v) is 5.02. The highest BCUT2D eigenvalue weighted by atomic mass is 32.2. The van der Waals surface area contributed by atoms with E-state index in [0.29, 0.717) is 25.1 Å². The first kappa shape index (κ1) is 27.8. The number of carboxylic acid groups (broad SMARTS) is 1. The van der Waals surface area contributed by atoms with Gasteiger partial charge in [0.05, 0.1) is 4.90 Å². The summed E-state index contributed by atoms with van der Waals surface area (Å²) in [7, 11) is -3.78. The van der Waals surface area contributed by atoms with E-state index in [1.165, 1.54) is 23.4 Å². The molecule has 6 nitrogen and oxygen atoms in total. The van der Waals surface area contributed by atoms with E-state index >= 15 is 0 Å². The molecule has 34 heavy (non-hydrogen) atoms. The molecule has 2 aromatic rings. The van der Waals surface area contributed by atoms with Gasteiger partial charge in [0, 0.05) is 13.1 Å². The monoisotopic (exact) mass is 493 g/mol. The number of aliphatic carboxylic acids is 1. The summed E-state index contributed by atoms with van der Waals surface area (Å²) >= 11 is 0. The van der Waals surface area contributed by atoms with Crippen LogP contribution in [0.2, 0.25) is 0 Å². The van der Waals surface area contributed by atoms with Crippen molar-refractivity contribution in [2.75, 3.05) is 13.1 Å². The van der Waals surface area contributed by atoms with Crippen molar-refractivity contribution in [1.29, 1.82) is 0 Å². The van der Waals surface area contributed by atoms with E-state index in [9.17, 15) is 22.7 Å². The third kappa shape index (κ3) is 7.81. The van der Waals surface area contributed by atoms with Gasteiger partial charge in [-0.2, -0.15) is 4.31 Å². The third-order valence-corrected chi connectivity index (χ3v) is 7.89. The average Bonchev–Trinajstić information content (AvgIpc) is 2.81. The number of unbranched alkanes of at least 4 members (excludes halogenated alkanes) is 4. The molecule has 2 aromatic carbocycles. The van der Waals surface area contributed by atoms with Crippen LogP contribution in [-0.2, 0) is 21.2 Å². The van der Waals surface area contributed by atoms with Crippen LogP contribution in [0.5, 0.6) is 5.75 Å². The molecular formula is C26H36FNO5S. The molecule has 8 heteroatoms. The highest BCUT2D eigenvalue weighted by Crippen LogP contribution is 2.24. The maximum atomic E-state index is 13.3. The molecule has 0 aliphatic rings. The molecule has 0 spiro atoms. The molecule has 0 saturated carbocycles. The van der Waals surface area contributed by atoms with Crippen LogP contribution in [0.1, 0.15) is 64.9 Å². The van der Waals surface area contributed by atoms with Gasteiger partial charge in [-0.25, -0.2) is 17.6 Å². The average molecular weight is 494 g/mol. The number of carbonyl (C=O) groups is 1. The molecule has 0 bridgehead atoms. The SMILES string of the molecule is CCCCCCCN(CCc1cccc(OC(C)(CC)C(=O)O)c1)S(=O)(=O)c1ccc(F)cc1. The van der Waals surface area contributed by atoms with E-state index in [0.717, 1.165) is 49.8 Å². The van der Waals surface area contributed by atoms with Crippen LogP contribution < -0.4 is 4.74 Å². The Morgan fingerprint density at radius 2 is 1.71 bits per heavy atom. The number of benzene rings is 2. The van der Waals surface area contributed by atoms with Crippen LogP contribution in [0.25, 0.3) is 0 Å². The van der Waals surface area contributed by atoms with Crippen LogP contribution >= 0.6 is 0 Å². The quantitative estimate of drug-likeness (QED) is 0.324. The Balaban J connectivity index is 2.16. The zero-order chi connectivity index (χ0) is 25.2. The van der Waals surface area contributed by atoms with Gasteiger partial charge in [0.25, 0.3) is 0 Å². The molecule has 0 aliphatic carbocycles. The van der Waals surface area contributed by atoms with Gasteiger partial charge in [-0.05, 0) is 68.1 Å². The molecule has 0 saturated heterocycles. The molecule has 0 fully saturated rings. The van der Waals surface area contributed by atoms with Gasteiger partial charge < -0.3 is 9.84 Å². The Hall–Kier alpha value is -2.45. The van der Waals surface area contributed by atoms with Gasteiger partial charge in [-0.15, -0.1) is 0 Å². The molecule has 1 atom stereocenters. The van der Waals surface area contributed by atoms with E-state index in [1.54, 1.807) is 25.1 Å². The summed E-state index contributed by atoms with van der Waals surface area (Å²) in [5.41, 5.74) is -0.499. The molecule has 2 rings (SSSR count). The summed E-state index contributed by atoms with van der Waals surface area (Å²) in [6.45, 7) is 6.03. The Morgan fingerprint density at radius 1 is 1.03 bits per heavy atom. The zero-order valence-corrected chi connectivity index (χ0v) is 21.1. The maximum Gasteiger partial charge on any atom is 0.347 e. The van der Waals surface area contributed by atoms with Crippen molar-refractivity contribution in [3.05, 3.63) is 59.9 Å². The second kappa shape index (κ2) is 12.9. The Kier molecular flexibility index (Phi) is 10.5. The van der Waals surface area contributed by atoms with Crippen molar-refractivity contribution in [1.82, 2.24) is 4.31 Å². The molecule has 0 aliphatic heterocycles. The number of sulfonamides is 1. The number of nitrogens with zero attached hydrogens (tertiary/aromatic N) is 1. The number of hydrogen-bond acceptors (Lipinski definition) is 4. The minimum absolute atomic E-state index is 0.0692. The fourth-order valence-electron chi connectivity index (χ4n) is 3.54. The molecule has 0 amide bonds. The van der Waals surface area contributed by atoms with Crippen molar-refractivity contribution in [2.24, 2.45) is 0 Å². The Labute approximate surface area is 202 Å². The highest BCUT2D eigenvalue weighted by molar-refractivity contribution is 7.89. The first-order valence-electron chi connectivity index (χ1n) is 11.9. The summed E-state index contributed by atoms with van der Waals surface area (Å²) in [6.07, 6.45) is 5.70. The van der Waals surface area contributed by atoms with Gasteiger partial charge in [-0.1, -0.05) is 51.7 Å². The number of carboxylic acids is 1. The van der Waals surface area contributed by atoms with Crippen molar-refractivity contribution in [2.45, 2.75) is 76.2 Å². The van der Waals surface area contributed by atoms with Crippen LogP contribution in [0.3, 0.4) is 0 Å². The first-order valence-corrected chi connectivity index (χ1v) is 13.3. The first-order chi connectivity index (χ1) is 16.1. The van der Waals surface area contributed by atoms with E-state index in [4.69, 9.17) is 4.74 Å². The van der Waals surface area contributed by atoms with Crippen molar-refractivity contribution < 1.29 is 27.4 Å². The normalized spacial score (nSPS) is 13.6. The standard InChI is InChI=1S/C26H36FNO5S/c1-4-6-7-8-9-18-28(34(31,32)24-15-13-22(27)14-16-24)19-17-21-11-10-12-23(20-21)33-26(3,5-2)25(29)30/h10-16,20H,4-9,17-19H2,1-3H3,(H,29,30). The minimum atomic E-state index is -3.78. The third-order valence-electron chi connectivity index (χ3n) is 5.98. The van der Waals surface area contributed by atoms with Crippen LogP contribution in [0.15, 0.2) is 53.4 Å². The lowest BCUT2D eigenvalue weighted by Crippen LogP contribution is -2.40. The van der Waals surface area contributed by atoms with E-state index in [-0.39, 0.29) is 11.4 Å². The number of rotatable bonds is 15. The molecular weight excluding hydrogens is 457 g/mol. The van der Waals surface area contributed by atoms with Gasteiger partial charge in [-0.3, -0.25) is 0 Å². The van der Waals surface area contributed by atoms with Gasteiger partial charge in [0.1, 0.15) is 11.6 Å². The summed E-state index contributed by atoms with van der Waals surface area (Å²) < 4.78 is 47.1. The summed E-state index contributed by atoms with van der Waals surface area (Å²) in [4.78, 5) is 11.6. The lowest BCUT2D eigenvalue weighted by atomic mass is 10.0. The van der Waals surface area contributed by atoms with E-state index in [1.807, 2.05) is 6.07 Å². The topological polar surface area (TPSA) is 83.9 Å². The second-order valence-corrected chi connectivity index (χ2v) is 10.6. The number of halogens is 1. The molecule has 1 N–H and O–H groups in total. The Morgan fingerprint density at radius 3 is 2.32 bits per heavy atom. The summed E-state index contributed by atoms with van der Waals surface area (Å²) in [5, 5.41) is 9.47. The molecule has 0 heterocycles. The van der Waals surface area contributed by atoms with Gasteiger partial charge in [0.15, 0.2) is 0 Å². The number of hydrogen-bond donors (Lipinski definition) is 1. The van der Waals surface area contributed by atoms with Crippen molar-refractivity contribution >= 4 is 16.0 Å². The second-order valence-electron chi connectivity index (χ2n) is 8.66. The summed E-state index contributed by atoms with van der Waals surface area (Å²) in [5.74, 6) is -1.10. The molecule has 188 valence electrons. The predicted octanol–water partition coefficient (Wildman–Crippen LogP) is 5.66. The molecule has 0 aromatic heterocycles. The molecule has 0 radical (unpaired) electrons. The van der Waals surface area contributed by atoms with E-state index < -0.39 is 27.4 Å².